The van der Waals surface area contributed by atoms with Gasteiger partial charge in [-0.05, 0) is 66.1 Å². The first kappa shape index (κ1) is 14.5. The van der Waals surface area contributed by atoms with Crippen LogP contribution in [0.5, 0.6) is 0 Å². The molecule has 0 amide bonds. The number of rotatable bonds is 5. The lowest BCUT2D eigenvalue weighted by Crippen LogP contribution is -2.09. The number of benzene rings is 1. The molecule has 1 aromatic heterocycles. The molecule has 2 nitrogen and oxygen atoms in total. The van der Waals surface area contributed by atoms with E-state index < -0.39 is 0 Å². The highest BCUT2D eigenvalue weighted by molar-refractivity contribution is 14.1. The summed E-state index contributed by atoms with van der Waals surface area (Å²) in [7, 11) is 0. The van der Waals surface area contributed by atoms with Crippen LogP contribution in [0.1, 0.15) is 25.2 Å². The van der Waals surface area contributed by atoms with Crippen LogP contribution in [-0.2, 0) is 5.88 Å². The van der Waals surface area contributed by atoms with Gasteiger partial charge < -0.3 is 4.57 Å². The second-order valence-corrected chi connectivity index (χ2v) is 6.79. The molecule has 1 aromatic carbocycles. The van der Waals surface area contributed by atoms with Crippen molar-refractivity contribution >= 4 is 57.0 Å². The van der Waals surface area contributed by atoms with E-state index in [9.17, 15) is 0 Å². The molecule has 1 heterocycles. The lowest BCUT2D eigenvalue weighted by atomic mass is 10.2. The molecule has 0 aliphatic heterocycles. The summed E-state index contributed by atoms with van der Waals surface area (Å²) in [5, 5.41) is 0. The summed E-state index contributed by atoms with van der Waals surface area (Å²) in [4.78, 5) is 4.64. The number of nitrogens with zero attached hydrogens (tertiary/aromatic N) is 2. The monoisotopic (exact) mass is 394 g/mol. The molecule has 1 atom stereocenters. The van der Waals surface area contributed by atoms with Gasteiger partial charge in [0.25, 0.3) is 0 Å². The Morgan fingerprint density at radius 2 is 2.28 bits per heavy atom. The summed E-state index contributed by atoms with van der Waals surface area (Å²) in [6.07, 6.45) is 3.28. The molecule has 0 N–H and O–H groups in total. The molecule has 18 heavy (non-hydrogen) atoms. The average molecular weight is 395 g/mol. The summed E-state index contributed by atoms with van der Waals surface area (Å²) in [6.45, 7) is 2.24. The number of fused-ring (bicyclic) bond motifs is 1. The van der Waals surface area contributed by atoms with Crippen LogP contribution in [0.25, 0.3) is 11.0 Å². The number of hydrogen-bond donors (Lipinski definition) is 0. The van der Waals surface area contributed by atoms with Crippen molar-refractivity contribution in [3.8, 4) is 0 Å². The van der Waals surface area contributed by atoms with Gasteiger partial charge in [0.1, 0.15) is 5.82 Å². The Hall–Kier alpha value is 0.0600. The summed E-state index contributed by atoms with van der Waals surface area (Å²) < 4.78 is 3.50. The molecule has 0 aliphatic rings. The van der Waals surface area contributed by atoms with Crippen molar-refractivity contribution in [3.05, 3.63) is 27.6 Å². The highest BCUT2D eigenvalue weighted by Crippen LogP contribution is 2.26. The van der Waals surface area contributed by atoms with Gasteiger partial charge in [0.05, 0.1) is 16.9 Å². The lowest BCUT2D eigenvalue weighted by molar-refractivity contribution is 0.534. The topological polar surface area (TPSA) is 17.8 Å². The molecule has 0 bridgehead atoms. The predicted octanol–water partition coefficient (Wildman–Crippen LogP) is 4.69. The van der Waals surface area contributed by atoms with Gasteiger partial charge >= 0.3 is 0 Å². The number of halogens is 2. The zero-order valence-corrected chi connectivity index (χ0v) is 14.2. The average Bonchev–Trinajstić information content (AvgIpc) is 2.73. The molecule has 2 rings (SSSR count). The third-order valence-electron chi connectivity index (χ3n) is 3.02. The summed E-state index contributed by atoms with van der Waals surface area (Å²) >= 11 is 10.2. The van der Waals surface area contributed by atoms with Gasteiger partial charge in [0.15, 0.2) is 0 Å². The minimum Gasteiger partial charge on any atom is -0.324 e. The Labute approximate surface area is 131 Å². The van der Waals surface area contributed by atoms with Crippen LogP contribution >= 0.6 is 46.0 Å². The second-order valence-electron chi connectivity index (χ2n) is 4.30. The van der Waals surface area contributed by atoms with Crippen LogP contribution in [-0.4, -0.2) is 21.6 Å². The van der Waals surface area contributed by atoms with Crippen LogP contribution in [0.4, 0.5) is 0 Å². The van der Waals surface area contributed by atoms with E-state index in [2.05, 4.69) is 63.5 Å². The van der Waals surface area contributed by atoms with Crippen LogP contribution in [0, 0.1) is 3.57 Å². The van der Waals surface area contributed by atoms with Crippen LogP contribution in [0.2, 0.25) is 0 Å². The summed E-state index contributed by atoms with van der Waals surface area (Å²) in [6, 6.07) is 6.83. The largest absolute Gasteiger partial charge is 0.324 e. The van der Waals surface area contributed by atoms with E-state index in [-0.39, 0.29) is 0 Å². The van der Waals surface area contributed by atoms with Gasteiger partial charge in [-0.2, -0.15) is 11.8 Å². The van der Waals surface area contributed by atoms with E-state index >= 15 is 0 Å². The first-order valence-electron chi connectivity index (χ1n) is 5.88. The van der Waals surface area contributed by atoms with Gasteiger partial charge in [-0.1, -0.05) is 0 Å². The van der Waals surface area contributed by atoms with Crippen molar-refractivity contribution in [2.75, 3.05) is 12.0 Å². The summed E-state index contributed by atoms with van der Waals surface area (Å²) in [5.74, 6) is 2.60. The normalized spacial score (nSPS) is 13.1. The SMILES string of the molecule is CSCCC(C)n1c(CCl)nc2cc(I)ccc21. The molecule has 0 fully saturated rings. The van der Waals surface area contributed by atoms with E-state index in [4.69, 9.17) is 11.6 Å². The second kappa shape index (κ2) is 6.48. The first-order chi connectivity index (χ1) is 8.67. The molecule has 0 radical (unpaired) electrons. The maximum atomic E-state index is 6.03. The third kappa shape index (κ3) is 2.96. The highest BCUT2D eigenvalue weighted by atomic mass is 127. The molecule has 0 aliphatic carbocycles. The first-order valence-corrected chi connectivity index (χ1v) is 8.89. The number of imidazole rings is 1. The Morgan fingerprint density at radius 1 is 1.50 bits per heavy atom. The molecule has 98 valence electrons. The standard InChI is InChI=1S/C13H16ClIN2S/c1-9(5-6-18-2)17-12-4-3-10(15)7-11(12)16-13(17)8-14/h3-4,7,9H,5-6,8H2,1-2H3. The van der Waals surface area contributed by atoms with Crippen LogP contribution < -0.4 is 0 Å². The van der Waals surface area contributed by atoms with Gasteiger partial charge in [0.2, 0.25) is 0 Å². The minimum absolute atomic E-state index is 0.441. The van der Waals surface area contributed by atoms with E-state index in [1.54, 1.807) is 0 Å². The lowest BCUT2D eigenvalue weighted by Gasteiger charge is -2.16. The van der Waals surface area contributed by atoms with E-state index in [0.717, 1.165) is 23.5 Å². The molecule has 0 saturated carbocycles. The molecular weight excluding hydrogens is 379 g/mol. The van der Waals surface area contributed by atoms with Crippen molar-refractivity contribution in [1.29, 1.82) is 0 Å². The zero-order chi connectivity index (χ0) is 13.1. The van der Waals surface area contributed by atoms with Crippen molar-refractivity contribution < 1.29 is 0 Å². The number of thioether (sulfide) groups is 1. The van der Waals surface area contributed by atoms with Crippen molar-refractivity contribution in [1.82, 2.24) is 9.55 Å². The number of aromatic nitrogens is 2. The predicted molar refractivity (Wildman–Crippen MR) is 89.7 cm³/mol. The van der Waals surface area contributed by atoms with E-state index in [1.165, 1.54) is 9.09 Å². The smallest absolute Gasteiger partial charge is 0.125 e. The molecule has 0 spiro atoms. The number of hydrogen-bond acceptors (Lipinski definition) is 2. The van der Waals surface area contributed by atoms with Crippen molar-refractivity contribution in [2.45, 2.75) is 25.3 Å². The minimum atomic E-state index is 0.441. The van der Waals surface area contributed by atoms with Gasteiger partial charge in [-0.3, -0.25) is 0 Å². The van der Waals surface area contributed by atoms with Crippen molar-refractivity contribution in [3.63, 3.8) is 0 Å². The number of alkyl halides is 1. The Balaban J connectivity index is 2.46. The Kier molecular flexibility index (Phi) is 5.21. The Bertz CT molecular complexity index is 541. The van der Waals surface area contributed by atoms with E-state index in [1.807, 2.05) is 11.8 Å². The zero-order valence-electron chi connectivity index (χ0n) is 10.5. The van der Waals surface area contributed by atoms with Gasteiger partial charge in [-0.25, -0.2) is 4.98 Å². The third-order valence-corrected chi connectivity index (χ3v) is 4.58. The maximum absolute atomic E-state index is 6.03. The fourth-order valence-corrected chi connectivity index (χ4v) is 3.37. The molecule has 0 saturated heterocycles. The van der Waals surface area contributed by atoms with Crippen LogP contribution in [0.15, 0.2) is 18.2 Å². The maximum Gasteiger partial charge on any atom is 0.125 e. The summed E-state index contributed by atoms with van der Waals surface area (Å²) in [5.41, 5.74) is 2.24. The highest BCUT2D eigenvalue weighted by Gasteiger charge is 2.15. The fourth-order valence-electron chi connectivity index (χ4n) is 2.13. The molecule has 1 unspecified atom stereocenters. The molecule has 2 aromatic rings. The van der Waals surface area contributed by atoms with E-state index in [0.29, 0.717) is 11.9 Å². The molecular formula is C13H16ClIN2S. The van der Waals surface area contributed by atoms with Crippen LogP contribution in [0.3, 0.4) is 0 Å². The quantitative estimate of drug-likeness (QED) is 0.541. The van der Waals surface area contributed by atoms with Gasteiger partial charge in [0, 0.05) is 9.61 Å². The molecule has 5 heteroatoms. The fraction of sp³-hybridized carbons (Fsp3) is 0.462. The Morgan fingerprint density at radius 3 is 2.94 bits per heavy atom. The van der Waals surface area contributed by atoms with Gasteiger partial charge in [-0.15, -0.1) is 11.6 Å². The van der Waals surface area contributed by atoms with Crippen molar-refractivity contribution in [2.24, 2.45) is 0 Å².